The van der Waals surface area contributed by atoms with Crippen molar-refractivity contribution in [1.29, 1.82) is 5.26 Å². The van der Waals surface area contributed by atoms with Gasteiger partial charge in [0.15, 0.2) is 0 Å². The number of nitriles is 1. The lowest BCUT2D eigenvalue weighted by molar-refractivity contribution is -0.116. The first-order valence-electron chi connectivity index (χ1n) is 5.59. The Morgan fingerprint density at radius 1 is 1.61 bits per heavy atom. The van der Waals surface area contributed by atoms with Crippen LogP contribution in [0.5, 0.6) is 0 Å². The molecule has 0 aromatic heterocycles. The number of hydrogen-bond donors (Lipinski definition) is 1. The van der Waals surface area contributed by atoms with Crippen molar-refractivity contribution in [3.63, 3.8) is 0 Å². The van der Waals surface area contributed by atoms with Gasteiger partial charge < -0.3 is 10.1 Å². The maximum absolute atomic E-state index is 13.3. The Morgan fingerprint density at radius 2 is 2.33 bits per heavy atom. The lowest BCUT2D eigenvalue weighted by atomic mass is 10.1. The summed E-state index contributed by atoms with van der Waals surface area (Å²) in [6.07, 6.45) is 0.814. The lowest BCUT2D eigenvalue weighted by Crippen LogP contribution is -2.16. The van der Waals surface area contributed by atoms with Gasteiger partial charge in [0.1, 0.15) is 17.4 Å². The van der Waals surface area contributed by atoms with Crippen molar-refractivity contribution in [2.45, 2.75) is 25.9 Å². The van der Waals surface area contributed by atoms with Crippen LogP contribution in [0.15, 0.2) is 18.2 Å². The van der Waals surface area contributed by atoms with Crippen LogP contribution < -0.4 is 5.32 Å². The number of ether oxygens (including phenoxy) is 1. The minimum atomic E-state index is -0.638. The van der Waals surface area contributed by atoms with Gasteiger partial charge in [-0.3, -0.25) is 4.79 Å². The number of nitrogens with zero attached hydrogens (tertiary/aromatic N) is 1. The summed E-state index contributed by atoms with van der Waals surface area (Å²) in [5, 5.41) is 11.3. The summed E-state index contributed by atoms with van der Waals surface area (Å²) in [6, 6.07) is 5.86. The highest BCUT2D eigenvalue weighted by Crippen LogP contribution is 2.18. The fourth-order valence-electron chi connectivity index (χ4n) is 1.41. The Kier molecular flexibility index (Phi) is 5.28. The molecule has 0 heterocycles. The standard InChI is InChI=1S/C13H15FN2O2/c1-9(18-2)6-7-13(17)16-12-5-3-4-11(14)10(12)8-15/h3-5,9H,6-7H2,1-2H3,(H,16,17). The normalized spacial score (nSPS) is 11.7. The lowest BCUT2D eigenvalue weighted by Gasteiger charge is -2.10. The molecule has 96 valence electrons. The van der Waals surface area contributed by atoms with Gasteiger partial charge in [0.25, 0.3) is 0 Å². The van der Waals surface area contributed by atoms with Crippen molar-refractivity contribution < 1.29 is 13.9 Å². The average molecular weight is 250 g/mol. The van der Waals surface area contributed by atoms with E-state index in [1.54, 1.807) is 13.2 Å². The van der Waals surface area contributed by atoms with Gasteiger partial charge in [-0.2, -0.15) is 5.26 Å². The van der Waals surface area contributed by atoms with E-state index in [-0.39, 0.29) is 29.7 Å². The number of nitrogens with one attached hydrogen (secondary N) is 1. The highest BCUT2D eigenvalue weighted by Gasteiger charge is 2.11. The zero-order valence-electron chi connectivity index (χ0n) is 10.4. The summed E-state index contributed by atoms with van der Waals surface area (Å²) in [5.74, 6) is -0.901. The second-order valence-electron chi connectivity index (χ2n) is 3.91. The molecule has 18 heavy (non-hydrogen) atoms. The number of carbonyl (C=O) groups excluding carboxylic acids is 1. The van der Waals surface area contributed by atoms with Crippen LogP contribution in [0.1, 0.15) is 25.3 Å². The molecule has 4 nitrogen and oxygen atoms in total. The van der Waals surface area contributed by atoms with E-state index < -0.39 is 5.82 Å². The van der Waals surface area contributed by atoms with E-state index in [1.165, 1.54) is 18.2 Å². The van der Waals surface area contributed by atoms with Gasteiger partial charge in [-0.15, -0.1) is 0 Å². The van der Waals surface area contributed by atoms with Crippen LogP contribution in [0, 0.1) is 17.1 Å². The molecule has 5 heteroatoms. The molecule has 1 N–H and O–H groups in total. The van der Waals surface area contributed by atoms with Crippen LogP contribution in [0.4, 0.5) is 10.1 Å². The monoisotopic (exact) mass is 250 g/mol. The Morgan fingerprint density at radius 3 is 2.94 bits per heavy atom. The van der Waals surface area contributed by atoms with Gasteiger partial charge in [-0.05, 0) is 25.5 Å². The van der Waals surface area contributed by atoms with Gasteiger partial charge in [-0.1, -0.05) is 6.07 Å². The molecule has 1 aromatic rings. The van der Waals surface area contributed by atoms with Crippen LogP contribution in [-0.4, -0.2) is 19.1 Å². The third-order valence-corrected chi connectivity index (χ3v) is 2.58. The van der Waals surface area contributed by atoms with E-state index in [4.69, 9.17) is 10.00 Å². The molecule has 0 saturated heterocycles. The first kappa shape index (κ1) is 14.1. The molecule has 1 amide bonds. The topological polar surface area (TPSA) is 62.1 Å². The van der Waals surface area contributed by atoms with E-state index in [9.17, 15) is 9.18 Å². The minimum absolute atomic E-state index is 0.0151. The van der Waals surface area contributed by atoms with Crippen molar-refractivity contribution in [3.8, 4) is 6.07 Å². The average Bonchev–Trinajstić information content (AvgIpc) is 2.36. The predicted molar refractivity (Wildman–Crippen MR) is 65.4 cm³/mol. The molecule has 1 unspecified atom stereocenters. The number of hydrogen-bond acceptors (Lipinski definition) is 3. The summed E-state index contributed by atoms with van der Waals surface area (Å²) in [7, 11) is 1.57. The molecule has 1 aromatic carbocycles. The van der Waals surface area contributed by atoms with Crippen LogP contribution in [-0.2, 0) is 9.53 Å². The van der Waals surface area contributed by atoms with Gasteiger partial charge in [0, 0.05) is 13.5 Å². The Bertz CT molecular complexity index is 469. The van der Waals surface area contributed by atoms with Crippen molar-refractivity contribution in [2.24, 2.45) is 0 Å². The molecule has 1 atom stereocenters. The zero-order chi connectivity index (χ0) is 13.5. The second kappa shape index (κ2) is 6.72. The molecular formula is C13H15FN2O2. The summed E-state index contributed by atoms with van der Waals surface area (Å²) >= 11 is 0. The molecule has 0 spiro atoms. The number of carbonyl (C=O) groups is 1. The van der Waals surface area contributed by atoms with E-state index in [1.807, 2.05) is 6.92 Å². The zero-order valence-corrected chi connectivity index (χ0v) is 10.4. The van der Waals surface area contributed by atoms with Crippen molar-refractivity contribution >= 4 is 11.6 Å². The number of benzene rings is 1. The molecule has 0 aliphatic carbocycles. The number of rotatable bonds is 5. The van der Waals surface area contributed by atoms with Gasteiger partial charge in [-0.25, -0.2) is 4.39 Å². The molecule has 0 saturated carbocycles. The van der Waals surface area contributed by atoms with Gasteiger partial charge in [0.2, 0.25) is 5.91 Å². The fourth-order valence-corrected chi connectivity index (χ4v) is 1.41. The van der Waals surface area contributed by atoms with E-state index in [2.05, 4.69) is 5.32 Å². The number of anilines is 1. The Balaban J connectivity index is 2.66. The van der Waals surface area contributed by atoms with E-state index >= 15 is 0 Å². The summed E-state index contributed by atoms with van der Waals surface area (Å²) in [6.45, 7) is 1.86. The van der Waals surface area contributed by atoms with Crippen LogP contribution in [0.25, 0.3) is 0 Å². The van der Waals surface area contributed by atoms with E-state index in [0.717, 1.165) is 0 Å². The minimum Gasteiger partial charge on any atom is -0.382 e. The highest BCUT2D eigenvalue weighted by atomic mass is 19.1. The summed E-state index contributed by atoms with van der Waals surface area (Å²) in [5.41, 5.74) is 0.0539. The first-order valence-corrected chi connectivity index (χ1v) is 5.59. The predicted octanol–water partition coefficient (Wildman–Crippen LogP) is 2.45. The number of halogens is 1. The quantitative estimate of drug-likeness (QED) is 0.873. The second-order valence-corrected chi connectivity index (χ2v) is 3.91. The molecule has 0 aliphatic heterocycles. The third-order valence-electron chi connectivity index (χ3n) is 2.58. The largest absolute Gasteiger partial charge is 0.382 e. The van der Waals surface area contributed by atoms with Crippen molar-refractivity contribution in [2.75, 3.05) is 12.4 Å². The van der Waals surface area contributed by atoms with Crippen molar-refractivity contribution in [3.05, 3.63) is 29.6 Å². The summed E-state index contributed by atoms with van der Waals surface area (Å²) in [4.78, 5) is 11.6. The number of methoxy groups -OCH3 is 1. The maximum atomic E-state index is 13.3. The van der Waals surface area contributed by atoms with E-state index in [0.29, 0.717) is 6.42 Å². The SMILES string of the molecule is COC(C)CCC(=O)Nc1cccc(F)c1C#N. The van der Waals surface area contributed by atoms with Crippen LogP contribution >= 0.6 is 0 Å². The van der Waals surface area contributed by atoms with Crippen LogP contribution in [0.3, 0.4) is 0 Å². The molecule has 0 aliphatic rings. The smallest absolute Gasteiger partial charge is 0.224 e. The van der Waals surface area contributed by atoms with Gasteiger partial charge >= 0.3 is 0 Å². The maximum Gasteiger partial charge on any atom is 0.224 e. The molecule has 0 radical (unpaired) electrons. The van der Waals surface area contributed by atoms with Gasteiger partial charge in [0.05, 0.1) is 11.8 Å². The molecule has 1 rings (SSSR count). The Hall–Kier alpha value is -1.93. The fraction of sp³-hybridized carbons (Fsp3) is 0.385. The van der Waals surface area contributed by atoms with Crippen LogP contribution in [0.2, 0.25) is 0 Å². The molecular weight excluding hydrogens is 235 g/mol. The first-order chi connectivity index (χ1) is 8.58. The Labute approximate surface area is 105 Å². The van der Waals surface area contributed by atoms with Crippen molar-refractivity contribution in [1.82, 2.24) is 0 Å². The number of amides is 1. The highest BCUT2D eigenvalue weighted by molar-refractivity contribution is 5.92. The molecule has 0 bridgehead atoms. The summed E-state index contributed by atoms with van der Waals surface area (Å²) < 4.78 is 18.3. The third kappa shape index (κ3) is 3.82. The molecule has 0 fully saturated rings.